The van der Waals surface area contributed by atoms with Crippen LogP contribution in [0.4, 0.5) is 5.69 Å². The Balaban J connectivity index is 2.39. The first-order chi connectivity index (χ1) is 13.5. The van der Waals surface area contributed by atoms with Crippen molar-refractivity contribution >= 4 is 17.4 Å². The van der Waals surface area contributed by atoms with Crippen molar-refractivity contribution in [2.75, 3.05) is 25.1 Å². The smallest absolute Gasteiger partial charge is 0.336 e. The highest BCUT2D eigenvalue weighted by atomic mass is 16.5. The monoisotopic (exact) mass is 383 g/mol. The van der Waals surface area contributed by atoms with Crippen LogP contribution in [-0.2, 0) is 0 Å². The van der Waals surface area contributed by atoms with Crippen molar-refractivity contribution in [3.05, 3.63) is 59.2 Å². The Labute approximate surface area is 166 Å². The number of carboxylic acids is 1. The fourth-order valence-corrected chi connectivity index (χ4v) is 3.14. The lowest BCUT2D eigenvalue weighted by Crippen LogP contribution is -2.25. The Kier molecular flexibility index (Phi) is 8.05. The molecular formula is C23H29NO4. The number of hydrogen-bond acceptors (Lipinski definition) is 4. The van der Waals surface area contributed by atoms with E-state index in [4.69, 9.17) is 4.74 Å². The molecule has 0 saturated carbocycles. The lowest BCUT2D eigenvalue weighted by molar-refractivity contribution is 0.0692. The summed E-state index contributed by atoms with van der Waals surface area (Å²) in [5.74, 6) is -1.01. The third-order valence-corrected chi connectivity index (χ3v) is 4.76. The summed E-state index contributed by atoms with van der Waals surface area (Å²) in [6.07, 6.45) is 4.42. The zero-order valence-corrected chi connectivity index (χ0v) is 16.9. The molecule has 2 aromatic carbocycles. The average molecular weight is 383 g/mol. The Bertz CT molecular complexity index is 808. The summed E-state index contributed by atoms with van der Waals surface area (Å²) in [4.78, 5) is 26.8. The van der Waals surface area contributed by atoms with Crippen LogP contribution in [0, 0.1) is 0 Å². The van der Waals surface area contributed by atoms with Crippen molar-refractivity contribution in [2.45, 2.75) is 39.5 Å². The minimum absolute atomic E-state index is 0.00820. The number of anilines is 1. The maximum Gasteiger partial charge on any atom is 0.336 e. The minimum atomic E-state index is -1.12. The first-order valence-electron chi connectivity index (χ1n) is 9.83. The number of methoxy groups -OCH3 is 1. The second-order valence-corrected chi connectivity index (χ2v) is 6.76. The summed E-state index contributed by atoms with van der Waals surface area (Å²) in [7, 11) is 1.53. The van der Waals surface area contributed by atoms with E-state index in [1.807, 2.05) is 12.1 Å². The Morgan fingerprint density at radius 3 is 2.07 bits per heavy atom. The lowest BCUT2D eigenvalue weighted by atomic mass is 9.97. The van der Waals surface area contributed by atoms with E-state index in [0.717, 1.165) is 44.5 Å². The van der Waals surface area contributed by atoms with Gasteiger partial charge in [-0.3, -0.25) is 4.79 Å². The van der Waals surface area contributed by atoms with Crippen molar-refractivity contribution < 1.29 is 19.4 Å². The van der Waals surface area contributed by atoms with Crippen molar-refractivity contribution in [1.82, 2.24) is 0 Å². The first kappa shape index (κ1) is 21.5. The van der Waals surface area contributed by atoms with Crippen molar-refractivity contribution in [3.8, 4) is 5.75 Å². The molecule has 28 heavy (non-hydrogen) atoms. The summed E-state index contributed by atoms with van der Waals surface area (Å²) in [5.41, 5.74) is 1.54. The summed E-state index contributed by atoms with van der Waals surface area (Å²) in [5, 5.41) is 9.38. The van der Waals surface area contributed by atoms with E-state index in [1.165, 1.54) is 19.2 Å². The van der Waals surface area contributed by atoms with Gasteiger partial charge < -0.3 is 14.7 Å². The van der Waals surface area contributed by atoms with Crippen molar-refractivity contribution in [1.29, 1.82) is 0 Å². The highest BCUT2D eigenvalue weighted by Crippen LogP contribution is 2.29. The normalized spacial score (nSPS) is 10.5. The molecule has 0 aliphatic heterocycles. The molecule has 150 valence electrons. The quantitative estimate of drug-likeness (QED) is 0.551. The third-order valence-electron chi connectivity index (χ3n) is 4.76. The number of unbranched alkanes of at least 4 members (excludes halogenated alkanes) is 2. The lowest BCUT2D eigenvalue weighted by Gasteiger charge is -2.25. The minimum Gasteiger partial charge on any atom is -0.496 e. The molecule has 2 rings (SSSR count). The van der Waals surface area contributed by atoms with Gasteiger partial charge in [-0.1, -0.05) is 44.9 Å². The van der Waals surface area contributed by atoms with Gasteiger partial charge in [-0.25, -0.2) is 4.79 Å². The van der Waals surface area contributed by atoms with Crippen LogP contribution in [0.5, 0.6) is 5.75 Å². The van der Waals surface area contributed by atoms with E-state index >= 15 is 0 Å². The number of carboxylic acid groups (broad SMARTS) is 1. The molecule has 0 bridgehead atoms. The number of carbonyl (C=O) groups excluding carboxylic acids is 1. The molecule has 0 radical (unpaired) electrons. The second-order valence-electron chi connectivity index (χ2n) is 6.76. The second kappa shape index (κ2) is 10.5. The van der Waals surface area contributed by atoms with Gasteiger partial charge in [0.2, 0.25) is 0 Å². The fraction of sp³-hybridized carbons (Fsp3) is 0.391. The Morgan fingerprint density at radius 1 is 0.929 bits per heavy atom. The molecular weight excluding hydrogens is 354 g/mol. The molecule has 0 aliphatic carbocycles. The van der Waals surface area contributed by atoms with Gasteiger partial charge in [-0.05, 0) is 31.0 Å². The average Bonchev–Trinajstić information content (AvgIpc) is 2.72. The molecule has 0 amide bonds. The number of ether oxygens (including phenoxy) is 1. The van der Waals surface area contributed by atoms with E-state index in [1.54, 1.807) is 18.2 Å². The zero-order chi connectivity index (χ0) is 20.5. The highest BCUT2D eigenvalue weighted by molar-refractivity contribution is 6.15. The summed E-state index contributed by atoms with van der Waals surface area (Å²) in [6.45, 7) is 6.24. The summed E-state index contributed by atoms with van der Waals surface area (Å²) >= 11 is 0. The topological polar surface area (TPSA) is 66.8 Å². The number of nitrogens with zero attached hydrogens (tertiary/aromatic N) is 1. The molecule has 0 saturated heterocycles. The molecule has 5 nitrogen and oxygen atoms in total. The molecule has 0 aliphatic rings. The van der Waals surface area contributed by atoms with Gasteiger partial charge in [0.15, 0.2) is 5.78 Å². The van der Waals surface area contributed by atoms with E-state index < -0.39 is 5.97 Å². The van der Waals surface area contributed by atoms with Gasteiger partial charge >= 0.3 is 5.97 Å². The van der Waals surface area contributed by atoms with E-state index in [0.29, 0.717) is 11.3 Å². The summed E-state index contributed by atoms with van der Waals surface area (Å²) in [6, 6.07) is 11.8. The third kappa shape index (κ3) is 5.12. The van der Waals surface area contributed by atoms with Crippen LogP contribution >= 0.6 is 0 Å². The zero-order valence-electron chi connectivity index (χ0n) is 16.9. The van der Waals surface area contributed by atoms with Crippen LogP contribution in [0.2, 0.25) is 0 Å². The first-order valence-corrected chi connectivity index (χ1v) is 9.83. The standard InChI is InChI=1S/C23H29NO4/c1-4-6-14-24(15-7-5-2)17-12-13-20(21(16-17)28-3)22(25)18-10-8-9-11-19(18)23(26)27/h8-13,16H,4-7,14-15H2,1-3H3,(H,26,27). The van der Waals surface area contributed by atoms with Gasteiger partial charge in [0.05, 0.1) is 18.2 Å². The maximum absolute atomic E-state index is 13.0. The van der Waals surface area contributed by atoms with Crippen LogP contribution < -0.4 is 9.64 Å². The van der Waals surface area contributed by atoms with E-state index in [2.05, 4.69) is 18.7 Å². The Morgan fingerprint density at radius 2 is 1.54 bits per heavy atom. The van der Waals surface area contributed by atoms with Crippen LogP contribution in [0.15, 0.2) is 42.5 Å². The SMILES string of the molecule is CCCCN(CCCC)c1ccc(C(=O)c2ccccc2C(=O)O)c(OC)c1. The fourth-order valence-electron chi connectivity index (χ4n) is 3.14. The highest BCUT2D eigenvalue weighted by Gasteiger charge is 2.21. The van der Waals surface area contributed by atoms with Crippen LogP contribution in [0.25, 0.3) is 0 Å². The number of hydrogen-bond donors (Lipinski definition) is 1. The van der Waals surface area contributed by atoms with Gasteiger partial charge in [-0.15, -0.1) is 0 Å². The van der Waals surface area contributed by atoms with Gasteiger partial charge in [0.1, 0.15) is 5.75 Å². The predicted molar refractivity (Wildman–Crippen MR) is 112 cm³/mol. The molecule has 0 aromatic heterocycles. The molecule has 5 heteroatoms. The number of aromatic carboxylic acids is 1. The molecule has 0 heterocycles. The van der Waals surface area contributed by atoms with Gasteiger partial charge in [0, 0.05) is 30.4 Å². The molecule has 0 fully saturated rings. The molecule has 0 atom stereocenters. The molecule has 2 aromatic rings. The van der Waals surface area contributed by atoms with Gasteiger partial charge in [0.25, 0.3) is 0 Å². The number of rotatable bonds is 11. The number of benzene rings is 2. The van der Waals surface area contributed by atoms with Crippen LogP contribution in [0.1, 0.15) is 65.8 Å². The number of carbonyl (C=O) groups is 2. The predicted octanol–water partition coefficient (Wildman–Crippen LogP) is 5.03. The van der Waals surface area contributed by atoms with E-state index in [9.17, 15) is 14.7 Å². The molecule has 1 N–H and O–H groups in total. The largest absolute Gasteiger partial charge is 0.496 e. The van der Waals surface area contributed by atoms with E-state index in [-0.39, 0.29) is 16.9 Å². The van der Waals surface area contributed by atoms with Crippen LogP contribution in [-0.4, -0.2) is 37.1 Å². The Hall–Kier alpha value is -2.82. The number of ketones is 1. The van der Waals surface area contributed by atoms with Crippen LogP contribution in [0.3, 0.4) is 0 Å². The maximum atomic E-state index is 13.0. The molecule has 0 unspecified atom stereocenters. The van der Waals surface area contributed by atoms with Gasteiger partial charge in [-0.2, -0.15) is 0 Å². The van der Waals surface area contributed by atoms with Crippen molar-refractivity contribution in [2.24, 2.45) is 0 Å². The summed E-state index contributed by atoms with van der Waals surface area (Å²) < 4.78 is 5.49. The molecule has 0 spiro atoms. The van der Waals surface area contributed by atoms with Crippen molar-refractivity contribution in [3.63, 3.8) is 0 Å².